The second-order valence-corrected chi connectivity index (χ2v) is 4.47. The van der Waals surface area contributed by atoms with Gasteiger partial charge in [0.25, 0.3) is 0 Å². The normalized spacial score (nSPS) is 38.5. The van der Waals surface area contributed by atoms with E-state index < -0.39 is 0 Å². The van der Waals surface area contributed by atoms with Gasteiger partial charge >= 0.3 is 0 Å². The standard InChI is InChI=1S/C10H19NO/c1-8-6-10(12)4-5-11(8)7-9-2-3-9/h8-10,12H,2-7H2,1H3. The summed E-state index contributed by atoms with van der Waals surface area (Å²) in [5.74, 6) is 0.989. The van der Waals surface area contributed by atoms with E-state index in [-0.39, 0.29) is 6.10 Å². The lowest BCUT2D eigenvalue weighted by Gasteiger charge is -2.35. The predicted octanol–water partition coefficient (Wildman–Crippen LogP) is 1.24. The molecule has 0 aromatic rings. The molecule has 1 saturated carbocycles. The van der Waals surface area contributed by atoms with Crippen molar-refractivity contribution >= 4 is 0 Å². The number of aliphatic hydroxyl groups excluding tert-OH is 1. The van der Waals surface area contributed by atoms with Gasteiger partial charge in [0.2, 0.25) is 0 Å². The molecule has 2 heteroatoms. The van der Waals surface area contributed by atoms with E-state index in [1.165, 1.54) is 19.4 Å². The monoisotopic (exact) mass is 169 g/mol. The smallest absolute Gasteiger partial charge is 0.0567 e. The zero-order valence-corrected chi connectivity index (χ0v) is 7.87. The van der Waals surface area contributed by atoms with Crippen molar-refractivity contribution in [2.45, 2.75) is 44.8 Å². The Kier molecular flexibility index (Phi) is 2.37. The number of hydrogen-bond donors (Lipinski definition) is 1. The lowest BCUT2D eigenvalue weighted by molar-refractivity contribution is 0.0460. The molecule has 1 saturated heterocycles. The molecule has 2 unspecified atom stereocenters. The van der Waals surface area contributed by atoms with Crippen LogP contribution in [0.15, 0.2) is 0 Å². The molecule has 2 aliphatic rings. The number of piperidine rings is 1. The van der Waals surface area contributed by atoms with Crippen LogP contribution in [0.4, 0.5) is 0 Å². The average molecular weight is 169 g/mol. The molecular formula is C10H19NO. The largest absolute Gasteiger partial charge is 0.393 e. The van der Waals surface area contributed by atoms with Gasteiger partial charge in [-0.25, -0.2) is 0 Å². The van der Waals surface area contributed by atoms with Crippen LogP contribution in [0.1, 0.15) is 32.6 Å². The van der Waals surface area contributed by atoms with Crippen LogP contribution in [0.3, 0.4) is 0 Å². The summed E-state index contributed by atoms with van der Waals surface area (Å²) in [7, 11) is 0. The van der Waals surface area contributed by atoms with Gasteiger partial charge in [-0.15, -0.1) is 0 Å². The van der Waals surface area contributed by atoms with Crippen LogP contribution >= 0.6 is 0 Å². The molecule has 0 bridgehead atoms. The zero-order valence-electron chi connectivity index (χ0n) is 7.87. The second-order valence-electron chi connectivity index (χ2n) is 4.47. The first-order chi connectivity index (χ1) is 5.75. The molecule has 1 heterocycles. The first kappa shape index (κ1) is 8.52. The van der Waals surface area contributed by atoms with Crippen LogP contribution in [-0.2, 0) is 0 Å². The Morgan fingerprint density at radius 2 is 2.08 bits per heavy atom. The Morgan fingerprint density at radius 3 is 2.67 bits per heavy atom. The van der Waals surface area contributed by atoms with E-state index in [0.29, 0.717) is 6.04 Å². The number of hydrogen-bond acceptors (Lipinski definition) is 2. The quantitative estimate of drug-likeness (QED) is 0.672. The van der Waals surface area contributed by atoms with Gasteiger partial charge in [-0.1, -0.05) is 0 Å². The van der Waals surface area contributed by atoms with Crippen LogP contribution in [-0.4, -0.2) is 35.2 Å². The van der Waals surface area contributed by atoms with Gasteiger partial charge in [0.15, 0.2) is 0 Å². The molecule has 0 aromatic heterocycles. The van der Waals surface area contributed by atoms with Crippen LogP contribution in [0.25, 0.3) is 0 Å². The van der Waals surface area contributed by atoms with E-state index in [0.717, 1.165) is 25.3 Å². The van der Waals surface area contributed by atoms with Gasteiger partial charge < -0.3 is 10.0 Å². The molecule has 2 fully saturated rings. The van der Waals surface area contributed by atoms with Gasteiger partial charge in [0, 0.05) is 19.1 Å². The Bertz CT molecular complexity index is 156. The molecule has 0 radical (unpaired) electrons. The lowest BCUT2D eigenvalue weighted by atomic mass is 10.0. The van der Waals surface area contributed by atoms with E-state index in [4.69, 9.17) is 0 Å². The summed E-state index contributed by atoms with van der Waals surface area (Å²) in [6, 6.07) is 0.606. The molecule has 1 aliphatic carbocycles. The molecule has 2 rings (SSSR count). The molecule has 1 aliphatic heterocycles. The Labute approximate surface area is 74.6 Å². The highest BCUT2D eigenvalue weighted by molar-refractivity contribution is 4.84. The van der Waals surface area contributed by atoms with E-state index in [1.807, 2.05) is 0 Å². The van der Waals surface area contributed by atoms with E-state index >= 15 is 0 Å². The maximum atomic E-state index is 9.42. The number of rotatable bonds is 2. The third-order valence-electron chi connectivity index (χ3n) is 3.18. The third kappa shape index (κ3) is 1.99. The first-order valence-corrected chi connectivity index (χ1v) is 5.18. The summed E-state index contributed by atoms with van der Waals surface area (Å²) >= 11 is 0. The van der Waals surface area contributed by atoms with Crippen molar-refractivity contribution in [3.63, 3.8) is 0 Å². The Morgan fingerprint density at radius 1 is 1.33 bits per heavy atom. The SMILES string of the molecule is CC1CC(O)CCN1CC1CC1. The summed E-state index contributed by atoms with van der Waals surface area (Å²) in [4.78, 5) is 2.55. The van der Waals surface area contributed by atoms with Crippen molar-refractivity contribution < 1.29 is 5.11 Å². The molecule has 1 N–H and O–H groups in total. The minimum Gasteiger partial charge on any atom is -0.393 e. The maximum absolute atomic E-state index is 9.42. The summed E-state index contributed by atoms with van der Waals surface area (Å²) in [6.45, 7) is 4.64. The molecular weight excluding hydrogens is 150 g/mol. The summed E-state index contributed by atoms with van der Waals surface area (Å²) in [5, 5.41) is 9.42. The molecule has 2 atom stereocenters. The number of aliphatic hydroxyl groups is 1. The fourth-order valence-corrected chi connectivity index (χ4v) is 2.10. The zero-order chi connectivity index (χ0) is 8.55. The highest BCUT2D eigenvalue weighted by Crippen LogP contribution is 2.31. The molecule has 70 valence electrons. The van der Waals surface area contributed by atoms with Gasteiger partial charge in [0.1, 0.15) is 0 Å². The van der Waals surface area contributed by atoms with Gasteiger partial charge in [-0.2, -0.15) is 0 Å². The fourth-order valence-electron chi connectivity index (χ4n) is 2.10. The van der Waals surface area contributed by atoms with E-state index in [2.05, 4.69) is 11.8 Å². The minimum atomic E-state index is -0.0320. The van der Waals surface area contributed by atoms with Gasteiger partial charge in [-0.3, -0.25) is 0 Å². The van der Waals surface area contributed by atoms with Crippen molar-refractivity contribution in [2.24, 2.45) is 5.92 Å². The second kappa shape index (κ2) is 3.35. The first-order valence-electron chi connectivity index (χ1n) is 5.18. The van der Waals surface area contributed by atoms with Crippen LogP contribution in [0.5, 0.6) is 0 Å². The van der Waals surface area contributed by atoms with Gasteiger partial charge in [0.05, 0.1) is 6.10 Å². The summed E-state index contributed by atoms with van der Waals surface area (Å²) in [6.07, 6.45) is 4.80. The fraction of sp³-hybridized carbons (Fsp3) is 1.00. The Hall–Kier alpha value is -0.0800. The van der Waals surface area contributed by atoms with E-state index in [9.17, 15) is 5.11 Å². The van der Waals surface area contributed by atoms with Crippen molar-refractivity contribution in [2.75, 3.05) is 13.1 Å². The average Bonchev–Trinajstić information content (AvgIpc) is 2.79. The van der Waals surface area contributed by atoms with Crippen molar-refractivity contribution in [1.29, 1.82) is 0 Å². The maximum Gasteiger partial charge on any atom is 0.0567 e. The topological polar surface area (TPSA) is 23.5 Å². The minimum absolute atomic E-state index is 0.0320. The van der Waals surface area contributed by atoms with Crippen molar-refractivity contribution in [3.05, 3.63) is 0 Å². The number of nitrogens with zero attached hydrogens (tertiary/aromatic N) is 1. The number of likely N-dealkylation sites (tertiary alicyclic amines) is 1. The highest BCUT2D eigenvalue weighted by Gasteiger charge is 2.29. The summed E-state index contributed by atoms with van der Waals surface area (Å²) < 4.78 is 0. The molecule has 2 nitrogen and oxygen atoms in total. The molecule has 0 aromatic carbocycles. The van der Waals surface area contributed by atoms with Gasteiger partial charge in [-0.05, 0) is 38.5 Å². The van der Waals surface area contributed by atoms with E-state index in [1.54, 1.807) is 0 Å². The molecule has 0 spiro atoms. The lowest BCUT2D eigenvalue weighted by Crippen LogP contribution is -2.43. The Balaban J connectivity index is 1.80. The van der Waals surface area contributed by atoms with Crippen molar-refractivity contribution in [1.82, 2.24) is 4.90 Å². The van der Waals surface area contributed by atoms with Crippen LogP contribution < -0.4 is 0 Å². The van der Waals surface area contributed by atoms with Crippen LogP contribution in [0, 0.1) is 5.92 Å². The van der Waals surface area contributed by atoms with Crippen molar-refractivity contribution in [3.8, 4) is 0 Å². The van der Waals surface area contributed by atoms with Crippen LogP contribution in [0.2, 0.25) is 0 Å². The summed E-state index contributed by atoms with van der Waals surface area (Å²) in [5.41, 5.74) is 0. The highest BCUT2D eigenvalue weighted by atomic mass is 16.3. The molecule has 12 heavy (non-hydrogen) atoms. The third-order valence-corrected chi connectivity index (χ3v) is 3.18. The molecule has 0 amide bonds. The predicted molar refractivity (Wildman–Crippen MR) is 49.0 cm³/mol.